The van der Waals surface area contributed by atoms with E-state index in [1.807, 2.05) is 24.3 Å². The van der Waals surface area contributed by atoms with Gasteiger partial charge in [0.1, 0.15) is 28.0 Å². The maximum absolute atomic E-state index is 5.27. The summed E-state index contributed by atoms with van der Waals surface area (Å²) < 4.78 is 11.1. The fourth-order valence-corrected chi connectivity index (χ4v) is 5.09. The van der Waals surface area contributed by atoms with Crippen molar-refractivity contribution < 1.29 is 4.74 Å². The summed E-state index contributed by atoms with van der Waals surface area (Å²) in [5, 5.41) is 0. The Kier molecular flexibility index (Phi) is 5.32. The third-order valence-electron chi connectivity index (χ3n) is 5.88. The van der Waals surface area contributed by atoms with Crippen molar-refractivity contribution in [3.05, 3.63) is 66.5 Å². The molecule has 0 unspecified atom stereocenters. The molecule has 0 bridgehead atoms. The molecule has 2 aromatic carbocycles. The molecule has 152 valence electrons. The fourth-order valence-electron chi connectivity index (χ4n) is 4.21. The van der Waals surface area contributed by atoms with Gasteiger partial charge >= 0.3 is 0 Å². The van der Waals surface area contributed by atoms with Gasteiger partial charge in [0.2, 0.25) is 0 Å². The van der Waals surface area contributed by atoms with Crippen molar-refractivity contribution in [2.24, 2.45) is 5.92 Å². The van der Waals surface area contributed by atoms with Crippen molar-refractivity contribution in [2.45, 2.75) is 19.3 Å². The van der Waals surface area contributed by atoms with Gasteiger partial charge < -0.3 is 9.64 Å². The Morgan fingerprint density at radius 2 is 1.77 bits per heavy atom. The second-order valence-electron chi connectivity index (χ2n) is 7.75. The number of hydrogen-bond acceptors (Lipinski definition) is 6. The highest BCUT2D eigenvalue weighted by Crippen LogP contribution is 2.36. The fraction of sp³-hybridized carbons (Fsp3) is 0.292. The number of benzene rings is 2. The van der Waals surface area contributed by atoms with Crippen LogP contribution in [-0.4, -0.2) is 34.5 Å². The molecule has 4 aromatic rings. The Morgan fingerprint density at radius 1 is 1.00 bits per heavy atom. The number of hydrogen-bond donors (Lipinski definition) is 0. The van der Waals surface area contributed by atoms with Gasteiger partial charge in [-0.15, -0.1) is 0 Å². The Hall–Kier alpha value is -2.99. The molecule has 1 aliphatic rings. The number of aromatic nitrogens is 3. The first-order chi connectivity index (χ1) is 14.8. The first-order valence-electron chi connectivity index (χ1n) is 10.4. The number of nitrogens with zero attached hydrogens (tertiary/aromatic N) is 4. The maximum atomic E-state index is 5.27. The summed E-state index contributed by atoms with van der Waals surface area (Å²) >= 11 is 1.49. The zero-order valence-electron chi connectivity index (χ0n) is 17.0. The lowest BCUT2D eigenvalue weighted by Gasteiger charge is -2.33. The van der Waals surface area contributed by atoms with Crippen LogP contribution >= 0.6 is 11.5 Å². The lowest BCUT2D eigenvalue weighted by molar-refractivity contribution is 0.403. The van der Waals surface area contributed by atoms with E-state index < -0.39 is 0 Å². The quantitative estimate of drug-likeness (QED) is 0.446. The molecule has 0 atom stereocenters. The second-order valence-corrected chi connectivity index (χ2v) is 8.53. The van der Waals surface area contributed by atoms with E-state index in [0.29, 0.717) is 0 Å². The van der Waals surface area contributed by atoms with Crippen LogP contribution in [0.25, 0.3) is 21.5 Å². The van der Waals surface area contributed by atoms with E-state index in [-0.39, 0.29) is 0 Å². The van der Waals surface area contributed by atoms with Crippen LogP contribution < -0.4 is 9.64 Å². The Morgan fingerprint density at radius 3 is 2.50 bits per heavy atom. The van der Waals surface area contributed by atoms with E-state index in [2.05, 4.69) is 45.2 Å². The minimum atomic E-state index is 0.734. The first kappa shape index (κ1) is 19.0. The lowest BCUT2D eigenvalue weighted by Crippen LogP contribution is -2.34. The molecule has 0 radical (unpaired) electrons. The molecule has 0 N–H and O–H groups in total. The highest BCUT2D eigenvalue weighted by atomic mass is 32.1. The van der Waals surface area contributed by atoms with Gasteiger partial charge in [-0.25, -0.2) is 9.97 Å². The van der Waals surface area contributed by atoms with Gasteiger partial charge in [-0.3, -0.25) is 0 Å². The van der Waals surface area contributed by atoms with Crippen molar-refractivity contribution in [2.75, 3.05) is 25.1 Å². The maximum Gasteiger partial charge on any atom is 0.151 e. The molecule has 6 heteroatoms. The highest BCUT2D eigenvalue weighted by molar-refractivity contribution is 7.14. The predicted octanol–water partition coefficient (Wildman–Crippen LogP) is 5.22. The van der Waals surface area contributed by atoms with E-state index >= 15 is 0 Å². The van der Waals surface area contributed by atoms with Gasteiger partial charge in [0.25, 0.3) is 0 Å². The largest absolute Gasteiger partial charge is 0.497 e. The van der Waals surface area contributed by atoms with Gasteiger partial charge in [-0.2, -0.15) is 4.37 Å². The van der Waals surface area contributed by atoms with Gasteiger partial charge in [0.15, 0.2) is 5.82 Å². The minimum Gasteiger partial charge on any atom is -0.497 e. The molecule has 2 aromatic heterocycles. The molecular formula is C24H24N4OS. The lowest BCUT2D eigenvalue weighted by atomic mass is 9.90. The van der Waals surface area contributed by atoms with Crippen molar-refractivity contribution in [3.63, 3.8) is 0 Å². The second kappa shape index (κ2) is 8.40. The Bertz CT molecular complexity index is 1120. The third kappa shape index (κ3) is 3.75. The van der Waals surface area contributed by atoms with E-state index in [1.54, 1.807) is 13.4 Å². The van der Waals surface area contributed by atoms with Crippen LogP contribution in [0.5, 0.6) is 5.75 Å². The summed E-state index contributed by atoms with van der Waals surface area (Å²) in [7, 11) is 1.68. The van der Waals surface area contributed by atoms with E-state index in [4.69, 9.17) is 9.11 Å². The minimum absolute atomic E-state index is 0.734. The van der Waals surface area contributed by atoms with Crippen molar-refractivity contribution in [3.8, 4) is 17.0 Å². The molecule has 5 nitrogen and oxygen atoms in total. The third-order valence-corrected chi connectivity index (χ3v) is 6.71. The van der Waals surface area contributed by atoms with Gasteiger partial charge in [0.05, 0.1) is 7.11 Å². The smallest absolute Gasteiger partial charge is 0.151 e. The molecule has 0 amide bonds. The number of methoxy groups -OCH3 is 1. The van der Waals surface area contributed by atoms with Crippen LogP contribution in [0.15, 0.2) is 60.9 Å². The number of piperidine rings is 1. The Balaban J connectivity index is 1.35. The molecule has 0 aliphatic carbocycles. The molecule has 1 saturated heterocycles. The standard InChI is InChI=1S/C24H24N4OS/c1-29-20-9-7-19(8-10-20)21-22-23(30-27-21)24(26-16-25-22)28-13-11-18(12-14-28)15-17-5-3-2-4-6-17/h2-10,16,18H,11-15H2,1H3. The van der Waals surface area contributed by atoms with Crippen LogP contribution in [0.2, 0.25) is 0 Å². The number of fused-ring (bicyclic) bond motifs is 1. The topological polar surface area (TPSA) is 51.1 Å². The summed E-state index contributed by atoms with van der Waals surface area (Å²) in [5.41, 5.74) is 4.34. The molecule has 3 heterocycles. The average molecular weight is 417 g/mol. The Labute approximate surface area is 180 Å². The van der Waals surface area contributed by atoms with Gasteiger partial charge in [0, 0.05) is 18.7 Å². The summed E-state index contributed by atoms with van der Waals surface area (Å²) in [6, 6.07) is 18.8. The van der Waals surface area contributed by atoms with Crippen molar-refractivity contribution in [1.29, 1.82) is 0 Å². The summed E-state index contributed by atoms with van der Waals surface area (Å²) in [5.74, 6) is 2.60. The zero-order valence-corrected chi connectivity index (χ0v) is 17.8. The average Bonchev–Trinajstić information content (AvgIpc) is 3.25. The van der Waals surface area contributed by atoms with E-state index in [0.717, 1.165) is 58.5 Å². The summed E-state index contributed by atoms with van der Waals surface area (Å²) in [6.07, 6.45) is 5.21. The van der Waals surface area contributed by atoms with Crippen LogP contribution in [0.4, 0.5) is 5.82 Å². The molecule has 1 fully saturated rings. The molecular weight excluding hydrogens is 392 g/mol. The van der Waals surface area contributed by atoms with Crippen LogP contribution in [-0.2, 0) is 6.42 Å². The molecule has 0 saturated carbocycles. The number of anilines is 1. The van der Waals surface area contributed by atoms with Crippen LogP contribution in [0, 0.1) is 5.92 Å². The molecule has 5 rings (SSSR count). The van der Waals surface area contributed by atoms with Gasteiger partial charge in [-0.1, -0.05) is 30.3 Å². The van der Waals surface area contributed by atoms with Gasteiger partial charge in [-0.05, 0) is 66.5 Å². The summed E-state index contributed by atoms with van der Waals surface area (Å²) in [6.45, 7) is 2.05. The molecule has 0 spiro atoms. The van der Waals surface area contributed by atoms with Crippen LogP contribution in [0.1, 0.15) is 18.4 Å². The summed E-state index contributed by atoms with van der Waals surface area (Å²) in [4.78, 5) is 11.6. The SMILES string of the molecule is COc1ccc(-c2nsc3c(N4CCC(Cc5ccccc5)CC4)ncnc23)cc1. The first-order valence-corrected chi connectivity index (χ1v) is 11.1. The highest BCUT2D eigenvalue weighted by Gasteiger charge is 2.23. The molecule has 30 heavy (non-hydrogen) atoms. The van der Waals surface area contributed by atoms with Crippen molar-refractivity contribution >= 4 is 27.6 Å². The van der Waals surface area contributed by atoms with Crippen molar-refractivity contribution in [1.82, 2.24) is 14.3 Å². The van der Waals surface area contributed by atoms with E-state index in [9.17, 15) is 0 Å². The molecule has 1 aliphatic heterocycles. The van der Waals surface area contributed by atoms with Crippen LogP contribution in [0.3, 0.4) is 0 Å². The predicted molar refractivity (Wildman–Crippen MR) is 122 cm³/mol. The zero-order chi connectivity index (χ0) is 20.3. The normalized spacial score (nSPS) is 14.9. The monoisotopic (exact) mass is 416 g/mol. The number of ether oxygens (including phenoxy) is 1. The number of rotatable bonds is 5. The van der Waals surface area contributed by atoms with E-state index in [1.165, 1.54) is 29.9 Å².